The summed E-state index contributed by atoms with van der Waals surface area (Å²) < 4.78 is 14.5. The molecule has 1 aromatic carbocycles. The van der Waals surface area contributed by atoms with Crippen molar-refractivity contribution in [2.45, 2.75) is 26.4 Å². The molecule has 0 bridgehead atoms. The van der Waals surface area contributed by atoms with E-state index in [1.165, 1.54) is 16.2 Å². The number of rotatable bonds is 6. The smallest absolute Gasteiger partial charge is 0.338 e. The molecule has 0 saturated heterocycles. The van der Waals surface area contributed by atoms with E-state index < -0.39 is 5.69 Å². The molecule has 0 amide bonds. The third-order valence-electron chi connectivity index (χ3n) is 5.43. The van der Waals surface area contributed by atoms with Crippen LogP contribution >= 0.6 is 0 Å². The molecule has 0 radical (unpaired) electrons. The maximum absolute atomic E-state index is 13.1. The summed E-state index contributed by atoms with van der Waals surface area (Å²) in [7, 11) is 3.14. The Morgan fingerprint density at radius 1 is 1.16 bits per heavy atom. The van der Waals surface area contributed by atoms with Gasteiger partial charge in [-0.05, 0) is 37.6 Å². The van der Waals surface area contributed by atoms with Crippen LogP contribution in [0.15, 0.2) is 33.9 Å². The summed E-state index contributed by atoms with van der Waals surface area (Å²) in [5, 5.41) is 0. The van der Waals surface area contributed by atoms with Crippen LogP contribution in [0.4, 0.5) is 11.6 Å². The normalized spacial score (nSPS) is 13.5. The molecule has 0 aliphatic carbocycles. The van der Waals surface area contributed by atoms with Gasteiger partial charge in [0.15, 0.2) is 11.2 Å². The second kappa shape index (κ2) is 8.38. The maximum atomic E-state index is 13.1. The zero-order valence-electron chi connectivity index (χ0n) is 17.8. The molecule has 0 spiro atoms. The molecule has 10 heteroatoms. The Morgan fingerprint density at radius 2 is 1.90 bits per heavy atom. The molecular weight excluding hydrogens is 402 g/mol. The van der Waals surface area contributed by atoms with E-state index in [0.717, 1.165) is 12.1 Å². The molecule has 10 nitrogen and oxygen atoms in total. The number of hydrogen-bond acceptors (Lipinski definition) is 7. The number of hydrogen-bond donors (Lipinski definition) is 0. The third kappa shape index (κ3) is 3.52. The SMILES string of the molecule is CCOC(=O)c1ccc(N2CCCn3c2nc2c3c(=O)n(CCOC)c(=O)n2C)cc1. The monoisotopic (exact) mass is 427 g/mol. The fourth-order valence-corrected chi connectivity index (χ4v) is 3.88. The lowest BCUT2D eigenvalue weighted by Crippen LogP contribution is -2.40. The van der Waals surface area contributed by atoms with Gasteiger partial charge in [-0.15, -0.1) is 0 Å². The van der Waals surface area contributed by atoms with E-state index in [1.807, 2.05) is 21.6 Å². The van der Waals surface area contributed by atoms with Crippen molar-refractivity contribution in [2.24, 2.45) is 7.05 Å². The van der Waals surface area contributed by atoms with E-state index in [-0.39, 0.29) is 24.7 Å². The quantitative estimate of drug-likeness (QED) is 0.546. The highest BCUT2D eigenvalue weighted by molar-refractivity contribution is 5.90. The Hall–Kier alpha value is -3.40. The molecule has 0 N–H and O–H groups in total. The van der Waals surface area contributed by atoms with Crippen LogP contribution in [0.2, 0.25) is 0 Å². The van der Waals surface area contributed by atoms with E-state index >= 15 is 0 Å². The van der Waals surface area contributed by atoms with Crippen molar-refractivity contribution in [1.82, 2.24) is 18.7 Å². The van der Waals surface area contributed by atoms with E-state index in [0.29, 0.717) is 42.4 Å². The Bertz CT molecular complexity index is 1240. The van der Waals surface area contributed by atoms with Gasteiger partial charge in [0, 0.05) is 32.9 Å². The molecule has 31 heavy (non-hydrogen) atoms. The first-order chi connectivity index (χ1) is 15.0. The largest absolute Gasteiger partial charge is 0.462 e. The number of nitrogens with zero attached hydrogens (tertiary/aromatic N) is 5. The number of carbonyl (C=O) groups is 1. The van der Waals surface area contributed by atoms with Crippen molar-refractivity contribution >= 4 is 28.8 Å². The Kier molecular flexibility index (Phi) is 5.64. The zero-order chi connectivity index (χ0) is 22.1. The van der Waals surface area contributed by atoms with Crippen molar-refractivity contribution in [2.75, 3.05) is 31.8 Å². The van der Waals surface area contributed by atoms with E-state index in [9.17, 15) is 14.4 Å². The summed E-state index contributed by atoms with van der Waals surface area (Å²) >= 11 is 0. The topological polar surface area (TPSA) is 101 Å². The van der Waals surface area contributed by atoms with Crippen LogP contribution in [0.1, 0.15) is 23.7 Å². The zero-order valence-corrected chi connectivity index (χ0v) is 17.8. The van der Waals surface area contributed by atoms with Crippen LogP contribution in [0, 0.1) is 0 Å². The lowest BCUT2D eigenvalue weighted by atomic mass is 10.2. The minimum atomic E-state index is -0.421. The van der Waals surface area contributed by atoms with Gasteiger partial charge in [-0.3, -0.25) is 13.9 Å². The summed E-state index contributed by atoms with van der Waals surface area (Å²) in [6.45, 7) is 3.85. The Balaban J connectivity index is 1.80. The first kappa shape index (κ1) is 20.9. The van der Waals surface area contributed by atoms with Crippen LogP contribution < -0.4 is 16.1 Å². The highest BCUT2D eigenvalue weighted by Crippen LogP contribution is 2.31. The number of esters is 1. The molecule has 4 rings (SSSR count). The predicted octanol–water partition coefficient (Wildman–Crippen LogP) is 1.26. The average molecular weight is 427 g/mol. The van der Waals surface area contributed by atoms with Gasteiger partial charge in [-0.2, -0.15) is 4.98 Å². The van der Waals surface area contributed by atoms with Gasteiger partial charge in [-0.25, -0.2) is 9.59 Å². The van der Waals surface area contributed by atoms with Gasteiger partial charge < -0.3 is 18.9 Å². The summed E-state index contributed by atoms with van der Waals surface area (Å²) in [6, 6.07) is 7.08. The number of methoxy groups -OCH3 is 1. The van der Waals surface area contributed by atoms with E-state index in [1.54, 1.807) is 26.1 Å². The summed E-state index contributed by atoms with van der Waals surface area (Å²) in [5.41, 5.74) is 1.28. The molecule has 2 aromatic heterocycles. The summed E-state index contributed by atoms with van der Waals surface area (Å²) in [4.78, 5) is 44.4. The first-order valence-electron chi connectivity index (χ1n) is 10.2. The van der Waals surface area contributed by atoms with Gasteiger partial charge in [-0.1, -0.05) is 0 Å². The van der Waals surface area contributed by atoms with Gasteiger partial charge in [0.1, 0.15) is 0 Å². The molecule has 3 heterocycles. The Morgan fingerprint density at radius 3 is 2.58 bits per heavy atom. The summed E-state index contributed by atoms with van der Waals surface area (Å²) in [6.07, 6.45) is 0.804. The number of carbonyl (C=O) groups excluding carboxylic acids is 1. The molecule has 0 fully saturated rings. The van der Waals surface area contributed by atoms with Gasteiger partial charge in [0.05, 0.1) is 25.3 Å². The Labute approximate surface area is 178 Å². The minimum absolute atomic E-state index is 0.178. The molecule has 0 unspecified atom stereocenters. The van der Waals surface area contributed by atoms with Crippen molar-refractivity contribution in [1.29, 1.82) is 0 Å². The molecule has 1 aliphatic rings. The second-order valence-corrected chi connectivity index (χ2v) is 7.30. The highest BCUT2D eigenvalue weighted by atomic mass is 16.5. The fraction of sp³-hybridized carbons (Fsp3) is 0.429. The second-order valence-electron chi connectivity index (χ2n) is 7.30. The molecule has 164 valence electrons. The number of fused-ring (bicyclic) bond motifs is 3. The first-order valence-corrected chi connectivity index (χ1v) is 10.2. The molecule has 0 atom stereocenters. The number of imidazole rings is 1. The predicted molar refractivity (Wildman–Crippen MR) is 115 cm³/mol. The molecule has 1 aliphatic heterocycles. The van der Waals surface area contributed by atoms with Crippen LogP contribution in [0.3, 0.4) is 0 Å². The molecule has 0 saturated carbocycles. The lowest BCUT2D eigenvalue weighted by molar-refractivity contribution is 0.0526. The minimum Gasteiger partial charge on any atom is -0.462 e. The highest BCUT2D eigenvalue weighted by Gasteiger charge is 2.27. The van der Waals surface area contributed by atoms with Crippen molar-refractivity contribution in [3.8, 4) is 0 Å². The van der Waals surface area contributed by atoms with Gasteiger partial charge in [0.2, 0.25) is 5.95 Å². The number of aryl methyl sites for hydroxylation is 2. The van der Waals surface area contributed by atoms with E-state index in [4.69, 9.17) is 9.47 Å². The van der Waals surface area contributed by atoms with Crippen molar-refractivity contribution < 1.29 is 14.3 Å². The third-order valence-corrected chi connectivity index (χ3v) is 5.43. The fourth-order valence-electron chi connectivity index (χ4n) is 3.88. The lowest BCUT2D eigenvalue weighted by Gasteiger charge is -2.29. The maximum Gasteiger partial charge on any atom is 0.338 e. The van der Waals surface area contributed by atoms with Gasteiger partial charge in [0.25, 0.3) is 5.56 Å². The standard InChI is InChI=1S/C21H25N5O5/c1-4-31-19(28)14-6-8-15(9-7-14)24-10-5-11-25-16-17(22-20(24)25)23(2)21(29)26(18(16)27)12-13-30-3/h6-9H,4-5,10-13H2,1-3H3. The van der Waals surface area contributed by atoms with Crippen LogP contribution in [-0.2, 0) is 29.6 Å². The number of benzene rings is 1. The van der Waals surface area contributed by atoms with Crippen LogP contribution in [0.25, 0.3) is 11.2 Å². The average Bonchev–Trinajstić information content (AvgIpc) is 3.18. The van der Waals surface area contributed by atoms with E-state index in [2.05, 4.69) is 4.98 Å². The molecular formula is C21H25N5O5. The summed E-state index contributed by atoms with van der Waals surface area (Å²) in [5.74, 6) is 0.230. The van der Waals surface area contributed by atoms with Crippen LogP contribution in [0.5, 0.6) is 0 Å². The number of aromatic nitrogens is 4. The van der Waals surface area contributed by atoms with Crippen molar-refractivity contribution in [3.63, 3.8) is 0 Å². The van der Waals surface area contributed by atoms with Crippen molar-refractivity contribution in [3.05, 3.63) is 50.7 Å². The van der Waals surface area contributed by atoms with Gasteiger partial charge >= 0.3 is 11.7 Å². The van der Waals surface area contributed by atoms with Crippen LogP contribution in [-0.4, -0.2) is 51.5 Å². The molecule has 3 aromatic rings. The number of anilines is 2. The number of ether oxygens (including phenoxy) is 2.